The standard InChI is InChI=1S/C23H20N2O/c1-16-13-14-17-8-5-6-12-20(17)23(18-9-3-2-4-10-18)21-19(11-7-15-24-21)22(26)25(16)23/h2-12,15-16H,13-14H2,1H3/t16-,23-/m0/s1. The molecule has 0 spiro atoms. The van der Waals surface area contributed by atoms with Gasteiger partial charge in [-0.25, -0.2) is 0 Å². The fourth-order valence-corrected chi connectivity index (χ4v) is 4.75. The maximum Gasteiger partial charge on any atom is 0.257 e. The van der Waals surface area contributed by atoms with Gasteiger partial charge in [0, 0.05) is 12.2 Å². The molecule has 0 bridgehead atoms. The Labute approximate surface area is 153 Å². The van der Waals surface area contributed by atoms with E-state index in [-0.39, 0.29) is 11.9 Å². The van der Waals surface area contributed by atoms with E-state index in [2.05, 4.69) is 48.2 Å². The molecule has 0 unspecified atom stereocenters. The van der Waals surface area contributed by atoms with Gasteiger partial charge in [0.05, 0.1) is 11.3 Å². The highest BCUT2D eigenvalue weighted by Gasteiger charge is 2.56. The summed E-state index contributed by atoms with van der Waals surface area (Å²) in [6, 6.07) is 22.8. The van der Waals surface area contributed by atoms with Crippen molar-refractivity contribution in [1.82, 2.24) is 9.88 Å². The second kappa shape index (κ2) is 5.53. The van der Waals surface area contributed by atoms with Gasteiger partial charge in [0.25, 0.3) is 5.91 Å². The molecule has 3 aromatic rings. The number of nitrogens with zero attached hydrogens (tertiary/aromatic N) is 2. The van der Waals surface area contributed by atoms with Crippen LogP contribution in [0.15, 0.2) is 72.9 Å². The maximum absolute atomic E-state index is 13.5. The highest BCUT2D eigenvalue weighted by atomic mass is 16.2. The molecule has 3 heteroatoms. The van der Waals surface area contributed by atoms with Crippen molar-refractivity contribution in [3.05, 3.63) is 101 Å². The average molecular weight is 340 g/mol. The molecule has 0 aliphatic carbocycles. The minimum Gasteiger partial charge on any atom is -0.316 e. The van der Waals surface area contributed by atoms with Crippen LogP contribution in [-0.2, 0) is 12.0 Å². The molecule has 1 amide bonds. The Morgan fingerprint density at radius 3 is 2.62 bits per heavy atom. The van der Waals surface area contributed by atoms with Crippen LogP contribution in [0.4, 0.5) is 0 Å². The van der Waals surface area contributed by atoms with Crippen molar-refractivity contribution in [3.63, 3.8) is 0 Å². The van der Waals surface area contributed by atoms with Crippen molar-refractivity contribution >= 4 is 5.91 Å². The van der Waals surface area contributed by atoms with Crippen molar-refractivity contribution in [2.45, 2.75) is 31.3 Å². The summed E-state index contributed by atoms with van der Waals surface area (Å²) in [6.45, 7) is 2.16. The Kier molecular flexibility index (Phi) is 3.26. The number of carbonyl (C=O) groups is 1. The third kappa shape index (κ3) is 1.83. The smallest absolute Gasteiger partial charge is 0.257 e. The molecule has 2 aliphatic heterocycles. The van der Waals surface area contributed by atoms with Gasteiger partial charge in [0.15, 0.2) is 0 Å². The van der Waals surface area contributed by atoms with Crippen molar-refractivity contribution in [3.8, 4) is 0 Å². The van der Waals surface area contributed by atoms with E-state index in [4.69, 9.17) is 4.98 Å². The molecule has 0 N–H and O–H groups in total. The molecular formula is C23H20N2O. The summed E-state index contributed by atoms with van der Waals surface area (Å²) >= 11 is 0. The number of benzene rings is 2. The topological polar surface area (TPSA) is 33.2 Å². The predicted octanol–water partition coefficient (Wildman–Crippen LogP) is 4.16. The molecule has 5 rings (SSSR count). The Bertz CT molecular complexity index is 998. The van der Waals surface area contributed by atoms with Crippen LogP contribution in [0.3, 0.4) is 0 Å². The number of amides is 1. The van der Waals surface area contributed by atoms with Gasteiger partial charge < -0.3 is 4.90 Å². The second-order valence-electron chi connectivity index (χ2n) is 7.20. The maximum atomic E-state index is 13.5. The number of pyridine rings is 1. The number of hydrogen-bond donors (Lipinski definition) is 0. The number of hydrogen-bond acceptors (Lipinski definition) is 2. The van der Waals surface area contributed by atoms with E-state index >= 15 is 0 Å². The van der Waals surface area contributed by atoms with Crippen molar-refractivity contribution in [2.75, 3.05) is 0 Å². The zero-order valence-electron chi connectivity index (χ0n) is 14.7. The Morgan fingerprint density at radius 1 is 1.00 bits per heavy atom. The monoisotopic (exact) mass is 340 g/mol. The van der Waals surface area contributed by atoms with E-state index in [0.717, 1.165) is 29.7 Å². The largest absolute Gasteiger partial charge is 0.316 e. The van der Waals surface area contributed by atoms with Crippen LogP contribution in [0, 0.1) is 0 Å². The molecule has 0 radical (unpaired) electrons. The quantitative estimate of drug-likeness (QED) is 0.666. The summed E-state index contributed by atoms with van der Waals surface area (Å²) in [4.78, 5) is 20.3. The number of aryl methyl sites for hydroxylation is 1. The molecule has 128 valence electrons. The molecule has 3 nitrogen and oxygen atoms in total. The first-order valence-electron chi connectivity index (χ1n) is 9.17. The Balaban J connectivity index is 1.96. The lowest BCUT2D eigenvalue weighted by Gasteiger charge is -2.42. The van der Waals surface area contributed by atoms with Crippen LogP contribution in [0.2, 0.25) is 0 Å². The summed E-state index contributed by atoms with van der Waals surface area (Å²) in [5, 5.41) is 0. The van der Waals surface area contributed by atoms with Gasteiger partial charge in [-0.3, -0.25) is 9.78 Å². The summed E-state index contributed by atoms with van der Waals surface area (Å²) in [6.07, 6.45) is 3.72. The number of fused-ring (bicyclic) bond motifs is 5. The first-order valence-corrected chi connectivity index (χ1v) is 9.17. The van der Waals surface area contributed by atoms with E-state index in [9.17, 15) is 4.79 Å². The average Bonchev–Trinajstić information content (AvgIpc) is 2.88. The molecule has 3 heterocycles. The molecule has 0 fully saturated rings. The third-order valence-corrected chi connectivity index (χ3v) is 5.83. The van der Waals surface area contributed by atoms with Gasteiger partial charge in [0.2, 0.25) is 0 Å². The zero-order chi connectivity index (χ0) is 17.7. The van der Waals surface area contributed by atoms with Crippen LogP contribution in [0.5, 0.6) is 0 Å². The summed E-state index contributed by atoms with van der Waals surface area (Å²) in [5.74, 6) is 0.0844. The fourth-order valence-electron chi connectivity index (χ4n) is 4.75. The molecule has 2 atom stereocenters. The fraction of sp³-hybridized carbons (Fsp3) is 0.217. The minimum absolute atomic E-state index is 0.0844. The SMILES string of the molecule is C[C@H]1CCc2ccccc2[C@@]2(c3ccccc3)c3ncccc3C(=O)N12. The number of aromatic nitrogens is 1. The summed E-state index contributed by atoms with van der Waals surface area (Å²) in [5.41, 5.74) is 4.52. The van der Waals surface area contributed by atoms with Crippen LogP contribution in [0.1, 0.15) is 46.1 Å². The van der Waals surface area contributed by atoms with Crippen molar-refractivity contribution in [2.24, 2.45) is 0 Å². The summed E-state index contributed by atoms with van der Waals surface area (Å²) < 4.78 is 0. The van der Waals surface area contributed by atoms with E-state index in [1.54, 1.807) is 6.20 Å². The Hall–Kier alpha value is -2.94. The highest BCUT2D eigenvalue weighted by Crippen LogP contribution is 2.51. The molecule has 2 aromatic carbocycles. The Morgan fingerprint density at radius 2 is 1.77 bits per heavy atom. The highest BCUT2D eigenvalue weighted by molar-refractivity contribution is 6.01. The van der Waals surface area contributed by atoms with Crippen LogP contribution in [-0.4, -0.2) is 21.8 Å². The molecule has 1 aromatic heterocycles. The molecule has 0 saturated heterocycles. The van der Waals surface area contributed by atoms with Crippen LogP contribution < -0.4 is 0 Å². The lowest BCUT2D eigenvalue weighted by Crippen LogP contribution is -2.49. The summed E-state index contributed by atoms with van der Waals surface area (Å²) in [7, 11) is 0. The van der Waals surface area contributed by atoms with Gasteiger partial charge in [-0.2, -0.15) is 0 Å². The minimum atomic E-state index is -0.651. The predicted molar refractivity (Wildman–Crippen MR) is 101 cm³/mol. The van der Waals surface area contributed by atoms with Gasteiger partial charge in [0.1, 0.15) is 5.54 Å². The van der Waals surface area contributed by atoms with Crippen LogP contribution in [0.25, 0.3) is 0 Å². The van der Waals surface area contributed by atoms with Crippen molar-refractivity contribution in [1.29, 1.82) is 0 Å². The van der Waals surface area contributed by atoms with Crippen LogP contribution >= 0.6 is 0 Å². The third-order valence-electron chi connectivity index (χ3n) is 5.83. The van der Waals surface area contributed by atoms with E-state index < -0.39 is 5.54 Å². The molecule has 26 heavy (non-hydrogen) atoms. The van der Waals surface area contributed by atoms with Gasteiger partial charge in [-0.05, 0) is 48.6 Å². The molecular weight excluding hydrogens is 320 g/mol. The van der Waals surface area contributed by atoms with Crippen molar-refractivity contribution < 1.29 is 4.79 Å². The first kappa shape index (κ1) is 15.3. The first-order chi connectivity index (χ1) is 12.7. The second-order valence-corrected chi connectivity index (χ2v) is 7.20. The number of carbonyl (C=O) groups excluding carboxylic acids is 1. The normalized spacial score (nSPS) is 23.8. The van der Waals surface area contributed by atoms with Gasteiger partial charge >= 0.3 is 0 Å². The number of rotatable bonds is 1. The lowest BCUT2D eigenvalue weighted by molar-refractivity contribution is 0.0578. The van der Waals surface area contributed by atoms with Gasteiger partial charge in [-0.15, -0.1) is 0 Å². The van der Waals surface area contributed by atoms with E-state index in [1.807, 2.05) is 30.3 Å². The molecule has 0 saturated carbocycles. The van der Waals surface area contributed by atoms with E-state index in [0.29, 0.717) is 0 Å². The van der Waals surface area contributed by atoms with Gasteiger partial charge in [-0.1, -0.05) is 54.6 Å². The lowest BCUT2D eigenvalue weighted by atomic mass is 9.77. The molecule has 2 aliphatic rings. The van der Waals surface area contributed by atoms with E-state index in [1.165, 1.54) is 11.1 Å². The zero-order valence-corrected chi connectivity index (χ0v) is 14.7.